The maximum atomic E-state index is 5.56. The molecule has 0 aromatic carbocycles. The Morgan fingerprint density at radius 3 is 2.78 bits per heavy atom. The van der Waals surface area contributed by atoms with Gasteiger partial charge < -0.3 is 14.2 Å². The molecular weight excluding hydrogens is 292 g/mol. The van der Waals surface area contributed by atoms with E-state index in [1.54, 1.807) is 7.11 Å². The van der Waals surface area contributed by atoms with Gasteiger partial charge in [0, 0.05) is 17.7 Å². The number of aromatic nitrogens is 3. The van der Waals surface area contributed by atoms with Crippen molar-refractivity contribution in [3.8, 4) is 17.3 Å². The average molecular weight is 316 g/mol. The Kier molecular flexibility index (Phi) is 4.35. The Balaban J connectivity index is 1.91. The van der Waals surface area contributed by atoms with E-state index in [9.17, 15) is 0 Å². The second-order valence-electron chi connectivity index (χ2n) is 6.47. The molecule has 2 aromatic rings. The third-order valence-corrected chi connectivity index (χ3v) is 4.73. The SMILES string of the molecule is COc1nc(C)cc(C)c1-c1noc([C@H]2CCN(C)[C@@H](C)C2)n1. The molecule has 3 rings (SSSR count). The van der Waals surface area contributed by atoms with Crippen LogP contribution >= 0.6 is 0 Å². The molecule has 0 spiro atoms. The molecule has 0 bridgehead atoms. The predicted octanol–water partition coefficient (Wildman–Crippen LogP) is 2.95. The topological polar surface area (TPSA) is 64.3 Å². The molecule has 1 aliphatic heterocycles. The van der Waals surface area contributed by atoms with E-state index in [0.717, 1.165) is 42.1 Å². The van der Waals surface area contributed by atoms with Gasteiger partial charge >= 0.3 is 0 Å². The fourth-order valence-corrected chi connectivity index (χ4v) is 3.24. The summed E-state index contributed by atoms with van der Waals surface area (Å²) in [4.78, 5) is 11.4. The van der Waals surface area contributed by atoms with Gasteiger partial charge in [0.05, 0.1) is 12.7 Å². The van der Waals surface area contributed by atoms with Crippen molar-refractivity contribution in [1.82, 2.24) is 20.0 Å². The van der Waals surface area contributed by atoms with E-state index >= 15 is 0 Å². The van der Waals surface area contributed by atoms with E-state index < -0.39 is 0 Å². The summed E-state index contributed by atoms with van der Waals surface area (Å²) in [6.45, 7) is 7.25. The summed E-state index contributed by atoms with van der Waals surface area (Å²) in [6, 6.07) is 2.53. The number of methoxy groups -OCH3 is 1. The first kappa shape index (κ1) is 15.9. The van der Waals surface area contributed by atoms with Crippen molar-refractivity contribution < 1.29 is 9.26 Å². The molecule has 2 aromatic heterocycles. The molecule has 0 N–H and O–H groups in total. The summed E-state index contributed by atoms with van der Waals surface area (Å²) in [7, 11) is 3.77. The summed E-state index contributed by atoms with van der Waals surface area (Å²) in [6.07, 6.45) is 2.09. The molecule has 2 atom stereocenters. The zero-order valence-corrected chi connectivity index (χ0v) is 14.5. The number of piperidine rings is 1. The maximum Gasteiger partial charge on any atom is 0.230 e. The molecule has 6 heteroatoms. The highest BCUT2D eigenvalue weighted by Crippen LogP contribution is 2.34. The van der Waals surface area contributed by atoms with E-state index in [0.29, 0.717) is 23.7 Å². The number of nitrogens with zero attached hydrogens (tertiary/aromatic N) is 4. The van der Waals surface area contributed by atoms with Gasteiger partial charge in [0.25, 0.3) is 0 Å². The van der Waals surface area contributed by atoms with E-state index in [1.807, 2.05) is 19.9 Å². The van der Waals surface area contributed by atoms with Crippen molar-refractivity contribution in [2.45, 2.75) is 45.6 Å². The van der Waals surface area contributed by atoms with Gasteiger partial charge in [-0.2, -0.15) is 4.98 Å². The van der Waals surface area contributed by atoms with Gasteiger partial charge in [-0.05, 0) is 58.8 Å². The molecule has 0 saturated carbocycles. The molecule has 0 aliphatic carbocycles. The fourth-order valence-electron chi connectivity index (χ4n) is 3.24. The third-order valence-electron chi connectivity index (χ3n) is 4.73. The Bertz CT molecular complexity index is 698. The van der Waals surface area contributed by atoms with Crippen LogP contribution in [0.4, 0.5) is 0 Å². The van der Waals surface area contributed by atoms with E-state index in [2.05, 4.69) is 34.0 Å². The zero-order valence-electron chi connectivity index (χ0n) is 14.5. The van der Waals surface area contributed by atoms with Crippen LogP contribution in [0.3, 0.4) is 0 Å². The van der Waals surface area contributed by atoms with Crippen LogP contribution < -0.4 is 4.74 Å². The smallest absolute Gasteiger partial charge is 0.230 e. The quantitative estimate of drug-likeness (QED) is 0.867. The van der Waals surface area contributed by atoms with E-state index in [1.165, 1.54) is 0 Å². The van der Waals surface area contributed by atoms with Crippen molar-refractivity contribution in [3.63, 3.8) is 0 Å². The molecule has 3 heterocycles. The molecule has 1 aliphatic rings. The fraction of sp³-hybridized carbons (Fsp3) is 0.588. The number of likely N-dealkylation sites (tertiary alicyclic amines) is 1. The van der Waals surface area contributed by atoms with Crippen LogP contribution in [0.15, 0.2) is 10.6 Å². The van der Waals surface area contributed by atoms with Crippen molar-refractivity contribution >= 4 is 0 Å². The van der Waals surface area contributed by atoms with Crippen LogP contribution in [0.2, 0.25) is 0 Å². The van der Waals surface area contributed by atoms with Crippen molar-refractivity contribution in [1.29, 1.82) is 0 Å². The van der Waals surface area contributed by atoms with Crippen LogP contribution in [0.25, 0.3) is 11.4 Å². The molecule has 124 valence electrons. The van der Waals surface area contributed by atoms with Gasteiger partial charge in [-0.3, -0.25) is 0 Å². The summed E-state index contributed by atoms with van der Waals surface area (Å²) >= 11 is 0. The van der Waals surface area contributed by atoms with Crippen LogP contribution in [0.1, 0.15) is 42.8 Å². The number of pyridine rings is 1. The molecule has 23 heavy (non-hydrogen) atoms. The first-order valence-electron chi connectivity index (χ1n) is 8.06. The lowest BCUT2D eigenvalue weighted by Gasteiger charge is -2.33. The number of hydrogen-bond donors (Lipinski definition) is 0. The van der Waals surface area contributed by atoms with E-state index in [-0.39, 0.29) is 0 Å². The zero-order chi connectivity index (χ0) is 16.6. The van der Waals surface area contributed by atoms with E-state index in [4.69, 9.17) is 9.26 Å². The highest BCUT2D eigenvalue weighted by Gasteiger charge is 2.29. The monoisotopic (exact) mass is 316 g/mol. The third kappa shape index (κ3) is 3.08. The number of hydrogen-bond acceptors (Lipinski definition) is 6. The highest BCUT2D eigenvalue weighted by molar-refractivity contribution is 5.65. The second kappa shape index (κ2) is 6.28. The van der Waals surface area contributed by atoms with Crippen LogP contribution in [0.5, 0.6) is 5.88 Å². The maximum absolute atomic E-state index is 5.56. The Labute approximate surface area is 136 Å². The van der Waals surface area contributed by atoms with Crippen LogP contribution in [0, 0.1) is 13.8 Å². The minimum Gasteiger partial charge on any atom is -0.480 e. The Morgan fingerprint density at radius 1 is 1.30 bits per heavy atom. The molecule has 0 radical (unpaired) electrons. The summed E-state index contributed by atoms with van der Waals surface area (Å²) in [5.41, 5.74) is 2.77. The molecule has 6 nitrogen and oxygen atoms in total. The number of aryl methyl sites for hydroxylation is 2. The normalized spacial score (nSPS) is 22.3. The van der Waals surface area contributed by atoms with Crippen molar-refractivity contribution in [3.05, 3.63) is 23.2 Å². The Morgan fingerprint density at radius 2 is 2.09 bits per heavy atom. The van der Waals surface area contributed by atoms with Gasteiger partial charge in [0.1, 0.15) is 0 Å². The average Bonchev–Trinajstić information content (AvgIpc) is 2.98. The van der Waals surface area contributed by atoms with Gasteiger partial charge in [-0.1, -0.05) is 5.16 Å². The predicted molar refractivity (Wildman–Crippen MR) is 87.6 cm³/mol. The molecule has 1 saturated heterocycles. The molecular formula is C17H24N4O2. The summed E-state index contributed by atoms with van der Waals surface area (Å²) < 4.78 is 11.0. The lowest BCUT2D eigenvalue weighted by molar-refractivity contribution is 0.166. The van der Waals surface area contributed by atoms with Gasteiger partial charge in [0.2, 0.25) is 17.6 Å². The summed E-state index contributed by atoms with van der Waals surface area (Å²) in [5, 5.41) is 4.19. The minimum atomic E-state index is 0.326. The van der Waals surface area contributed by atoms with Crippen molar-refractivity contribution in [2.24, 2.45) is 0 Å². The van der Waals surface area contributed by atoms with Gasteiger partial charge in [-0.25, -0.2) is 4.98 Å². The second-order valence-corrected chi connectivity index (χ2v) is 6.47. The highest BCUT2D eigenvalue weighted by atomic mass is 16.5. The standard InChI is InChI=1S/C17H24N4O2/c1-10-8-11(2)18-17(22-5)14(10)15-19-16(23-20-15)13-6-7-21(4)12(3)9-13/h8,12-13H,6-7,9H2,1-5H3/t12-,13-/m0/s1. The largest absolute Gasteiger partial charge is 0.480 e. The van der Waals surface area contributed by atoms with Crippen LogP contribution in [-0.2, 0) is 0 Å². The lowest BCUT2D eigenvalue weighted by atomic mass is 9.92. The lowest BCUT2D eigenvalue weighted by Crippen LogP contribution is -2.36. The van der Waals surface area contributed by atoms with Crippen molar-refractivity contribution in [2.75, 3.05) is 20.7 Å². The first-order valence-corrected chi connectivity index (χ1v) is 8.06. The van der Waals surface area contributed by atoms with Crippen LogP contribution in [-0.4, -0.2) is 46.8 Å². The minimum absolute atomic E-state index is 0.326. The molecule has 0 amide bonds. The number of ether oxygens (including phenoxy) is 1. The summed E-state index contributed by atoms with van der Waals surface area (Å²) in [5.74, 6) is 2.16. The molecule has 1 fully saturated rings. The number of rotatable bonds is 3. The molecule has 0 unspecified atom stereocenters. The van der Waals surface area contributed by atoms with Gasteiger partial charge in [-0.15, -0.1) is 0 Å². The Hall–Kier alpha value is -1.95. The first-order chi connectivity index (χ1) is 11.0. The van der Waals surface area contributed by atoms with Gasteiger partial charge in [0.15, 0.2) is 0 Å².